The first-order valence-electron chi connectivity index (χ1n) is 6.86. The third kappa shape index (κ3) is 3.42. The Balaban J connectivity index is 1.43. The van der Waals surface area contributed by atoms with E-state index in [9.17, 15) is 0 Å². The van der Waals surface area contributed by atoms with E-state index < -0.39 is 0 Å². The molecule has 1 aromatic carbocycles. The van der Waals surface area contributed by atoms with Crippen molar-refractivity contribution in [3.05, 3.63) is 52.1 Å². The highest BCUT2D eigenvalue weighted by atomic mass is 79.9. The Bertz CT molecular complexity index is 952. The lowest BCUT2D eigenvalue weighted by atomic mass is 10.2. The van der Waals surface area contributed by atoms with Gasteiger partial charge in [-0.25, -0.2) is 0 Å². The molecule has 120 valence electrons. The highest BCUT2D eigenvalue weighted by molar-refractivity contribution is 9.10. The van der Waals surface area contributed by atoms with Gasteiger partial charge in [0, 0.05) is 10.0 Å². The highest BCUT2D eigenvalue weighted by Gasteiger charge is 2.13. The number of hydrogen-bond acceptors (Lipinski definition) is 8. The van der Waals surface area contributed by atoms with Crippen LogP contribution in [0.15, 0.2) is 60.4 Å². The summed E-state index contributed by atoms with van der Waals surface area (Å²) in [4.78, 5) is 5.33. The number of nitrogens with zero attached hydrogens (tertiary/aromatic N) is 4. The minimum atomic E-state index is 0.465. The summed E-state index contributed by atoms with van der Waals surface area (Å²) in [6.45, 7) is 0. The van der Waals surface area contributed by atoms with Crippen molar-refractivity contribution < 1.29 is 8.94 Å². The predicted molar refractivity (Wildman–Crippen MR) is 94.6 cm³/mol. The predicted octanol–water partition coefficient (Wildman–Crippen LogP) is 4.90. The van der Waals surface area contributed by atoms with Crippen LogP contribution in [0.2, 0.25) is 0 Å². The Morgan fingerprint density at radius 3 is 2.96 bits per heavy atom. The van der Waals surface area contributed by atoms with E-state index in [1.807, 2.05) is 41.8 Å². The number of benzene rings is 1. The van der Waals surface area contributed by atoms with E-state index in [1.165, 1.54) is 11.8 Å². The first-order chi connectivity index (χ1) is 11.8. The zero-order chi connectivity index (χ0) is 16.4. The second-order valence-electron chi connectivity index (χ2n) is 4.66. The fraction of sp³-hybridized carbons (Fsp3) is 0.0667. The minimum absolute atomic E-state index is 0.465. The minimum Gasteiger partial charge on any atom is -0.410 e. The van der Waals surface area contributed by atoms with Crippen LogP contribution in [0.25, 0.3) is 22.2 Å². The summed E-state index contributed by atoms with van der Waals surface area (Å²) in [6.07, 6.45) is 0. The molecule has 0 amide bonds. The van der Waals surface area contributed by atoms with Crippen LogP contribution in [0.3, 0.4) is 0 Å². The standard InChI is InChI=1S/C15H9BrN4O2S2/c16-10-4-1-3-9(7-10)13-17-12(22-20-13)8-24-15-19-18-14(21-15)11-5-2-6-23-11/h1-7H,8H2. The van der Waals surface area contributed by atoms with Gasteiger partial charge in [-0.1, -0.05) is 51.0 Å². The van der Waals surface area contributed by atoms with Gasteiger partial charge in [0.05, 0.1) is 10.6 Å². The molecule has 0 radical (unpaired) electrons. The first kappa shape index (κ1) is 15.6. The molecule has 0 unspecified atom stereocenters. The maximum atomic E-state index is 5.61. The van der Waals surface area contributed by atoms with Crippen LogP contribution >= 0.6 is 39.0 Å². The van der Waals surface area contributed by atoms with Gasteiger partial charge in [-0.05, 0) is 23.6 Å². The summed E-state index contributed by atoms with van der Waals surface area (Å²) in [5, 5.41) is 14.5. The SMILES string of the molecule is Brc1cccc(-c2noc(CSc3nnc(-c4cccs4)o3)n2)c1. The van der Waals surface area contributed by atoms with Gasteiger partial charge in [-0.2, -0.15) is 4.98 Å². The maximum absolute atomic E-state index is 5.61. The van der Waals surface area contributed by atoms with Crippen molar-refractivity contribution in [3.63, 3.8) is 0 Å². The molecule has 0 aliphatic rings. The van der Waals surface area contributed by atoms with Gasteiger partial charge in [0.2, 0.25) is 11.7 Å². The van der Waals surface area contributed by atoms with Crippen LogP contribution in [-0.2, 0) is 5.75 Å². The monoisotopic (exact) mass is 420 g/mol. The molecule has 4 aromatic rings. The molecule has 0 spiro atoms. The summed E-state index contributed by atoms with van der Waals surface area (Å²) in [6, 6.07) is 11.6. The fourth-order valence-corrected chi connectivity index (χ4v) is 3.59. The van der Waals surface area contributed by atoms with Crippen molar-refractivity contribution in [2.24, 2.45) is 0 Å². The van der Waals surface area contributed by atoms with Gasteiger partial charge in [0.25, 0.3) is 11.1 Å². The van der Waals surface area contributed by atoms with Crippen molar-refractivity contribution in [1.82, 2.24) is 20.3 Å². The van der Waals surface area contributed by atoms with E-state index in [4.69, 9.17) is 8.94 Å². The van der Waals surface area contributed by atoms with Gasteiger partial charge < -0.3 is 8.94 Å². The van der Waals surface area contributed by atoms with Gasteiger partial charge in [0.1, 0.15) is 0 Å². The largest absolute Gasteiger partial charge is 0.410 e. The molecule has 0 bridgehead atoms. The molecular weight excluding hydrogens is 412 g/mol. The second-order valence-corrected chi connectivity index (χ2v) is 7.45. The normalized spacial score (nSPS) is 11.0. The molecule has 0 aliphatic heterocycles. The van der Waals surface area contributed by atoms with E-state index in [2.05, 4.69) is 36.3 Å². The quantitative estimate of drug-likeness (QED) is 0.424. The third-order valence-corrected chi connectivity index (χ3v) is 5.16. The van der Waals surface area contributed by atoms with E-state index >= 15 is 0 Å². The number of halogens is 1. The zero-order valence-corrected chi connectivity index (χ0v) is 15.3. The topological polar surface area (TPSA) is 77.8 Å². The molecule has 0 fully saturated rings. The van der Waals surface area contributed by atoms with Crippen molar-refractivity contribution in [3.8, 4) is 22.2 Å². The summed E-state index contributed by atoms with van der Waals surface area (Å²) >= 11 is 6.35. The van der Waals surface area contributed by atoms with E-state index in [0.29, 0.717) is 28.6 Å². The Labute approximate surface area is 153 Å². The Morgan fingerprint density at radius 1 is 1.17 bits per heavy atom. The zero-order valence-electron chi connectivity index (χ0n) is 12.0. The van der Waals surface area contributed by atoms with Crippen LogP contribution < -0.4 is 0 Å². The molecule has 24 heavy (non-hydrogen) atoms. The van der Waals surface area contributed by atoms with Crippen LogP contribution in [0.5, 0.6) is 0 Å². The third-order valence-electron chi connectivity index (χ3n) is 3.01. The first-order valence-corrected chi connectivity index (χ1v) is 9.52. The Hall–Kier alpha value is -1.97. The number of aromatic nitrogens is 4. The van der Waals surface area contributed by atoms with Crippen LogP contribution in [0.1, 0.15) is 5.89 Å². The molecule has 3 aromatic heterocycles. The lowest BCUT2D eigenvalue weighted by Gasteiger charge is -1.94. The molecule has 6 nitrogen and oxygen atoms in total. The number of hydrogen-bond donors (Lipinski definition) is 0. The average Bonchev–Trinajstić information content (AvgIpc) is 3.33. The lowest BCUT2D eigenvalue weighted by Crippen LogP contribution is -1.83. The van der Waals surface area contributed by atoms with Crippen molar-refractivity contribution in [2.75, 3.05) is 0 Å². The van der Waals surface area contributed by atoms with Crippen LogP contribution in [0.4, 0.5) is 0 Å². The van der Waals surface area contributed by atoms with Gasteiger partial charge >= 0.3 is 0 Å². The lowest BCUT2D eigenvalue weighted by molar-refractivity contribution is 0.391. The van der Waals surface area contributed by atoms with Gasteiger partial charge in [-0.3, -0.25) is 0 Å². The molecule has 0 atom stereocenters. The van der Waals surface area contributed by atoms with E-state index in [-0.39, 0.29) is 0 Å². The molecule has 0 N–H and O–H groups in total. The van der Waals surface area contributed by atoms with Gasteiger partial charge in [-0.15, -0.1) is 21.5 Å². The Kier molecular flexibility index (Phi) is 4.46. The second kappa shape index (κ2) is 6.88. The fourth-order valence-electron chi connectivity index (χ4n) is 1.95. The molecule has 0 saturated carbocycles. The number of rotatable bonds is 5. The van der Waals surface area contributed by atoms with Crippen molar-refractivity contribution >= 4 is 39.0 Å². The van der Waals surface area contributed by atoms with E-state index in [1.54, 1.807) is 11.3 Å². The molecule has 0 aliphatic carbocycles. The molecular formula is C15H9BrN4O2S2. The number of thiophene rings is 1. The van der Waals surface area contributed by atoms with Crippen LogP contribution in [0, 0.1) is 0 Å². The Morgan fingerprint density at radius 2 is 2.12 bits per heavy atom. The van der Waals surface area contributed by atoms with Crippen molar-refractivity contribution in [2.45, 2.75) is 11.0 Å². The van der Waals surface area contributed by atoms with Gasteiger partial charge in [0.15, 0.2) is 0 Å². The van der Waals surface area contributed by atoms with E-state index in [0.717, 1.165) is 14.9 Å². The summed E-state index contributed by atoms with van der Waals surface area (Å²) < 4.78 is 11.9. The molecule has 3 heterocycles. The molecule has 4 rings (SSSR count). The molecule has 0 saturated heterocycles. The highest BCUT2D eigenvalue weighted by Crippen LogP contribution is 2.28. The summed E-state index contributed by atoms with van der Waals surface area (Å²) in [7, 11) is 0. The average molecular weight is 421 g/mol. The number of thioether (sulfide) groups is 1. The maximum Gasteiger partial charge on any atom is 0.277 e. The molecule has 9 heteroatoms. The van der Waals surface area contributed by atoms with Crippen LogP contribution in [-0.4, -0.2) is 20.3 Å². The smallest absolute Gasteiger partial charge is 0.277 e. The summed E-state index contributed by atoms with van der Waals surface area (Å²) in [5.74, 6) is 2.04. The van der Waals surface area contributed by atoms with Crippen molar-refractivity contribution in [1.29, 1.82) is 0 Å². The summed E-state index contributed by atoms with van der Waals surface area (Å²) in [5.41, 5.74) is 0.891.